The summed E-state index contributed by atoms with van der Waals surface area (Å²) in [6, 6.07) is 4.48. The number of esters is 1. The Morgan fingerprint density at radius 1 is 1.30 bits per heavy atom. The van der Waals surface area contributed by atoms with Crippen LogP contribution in [0.3, 0.4) is 0 Å². The van der Waals surface area contributed by atoms with E-state index >= 15 is 0 Å². The van der Waals surface area contributed by atoms with E-state index in [4.69, 9.17) is 10.5 Å². The molecule has 0 aliphatic carbocycles. The van der Waals surface area contributed by atoms with Crippen LogP contribution in [0.15, 0.2) is 18.2 Å². The van der Waals surface area contributed by atoms with E-state index in [0.717, 1.165) is 5.56 Å². The van der Waals surface area contributed by atoms with Crippen molar-refractivity contribution >= 4 is 17.6 Å². The van der Waals surface area contributed by atoms with Gasteiger partial charge in [0.15, 0.2) is 0 Å². The molecule has 0 spiro atoms. The second kappa shape index (κ2) is 6.05. The van der Waals surface area contributed by atoms with Gasteiger partial charge in [-0.25, -0.2) is 4.79 Å². The summed E-state index contributed by atoms with van der Waals surface area (Å²) in [4.78, 5) is 23.6. The van der Waals surface area contributed by atoms with Gasteiger partial charge in [-0.1, -0.05) is 6.07 Å². The fourth-order valence-corrected chi connectivity index (χ4v) is 1.51. The molecule has 0 fully saturated rings. The van der Waals surface area contributed by atoms with Gasteiger partial charge in [0.1, 0.15) is 5.60 Å². The Balaban J connectivity index is 2.97. The summed E-state index contributed by atoms with van der Waals surface area (Å²) < 4.78 is 5.34. The topological polar surface area (TPSA) is 81.4 Å². The molecule has 1 rings (SSSR count). The molecular formula is C15H22N2O3. The highest BCUT2D eigenvalue weighted by Crippen LogP contribution is 2.19. The molecule has 0 aliphatic heterocycles. The molecule has 5 nitrogen and oxygen atoms in total. The first kappa shape index (κ1) is 16.2. The number of rotatable bonds is 3. The van der Waals surface area contributed by atoms with Gasteiger partial charge in [-0.05, 0) is 52.3 Å². The smallest absolute Gasteiger partial charge is 0.338 e. The van der Waals surface area contributed by atoms with Crippen LogP contribution in [0.1, 0.15) is 43.6 Å². The van der Waals surface area contributed by atoms with Crippen LogP contribution in [-0.2, 0) is 9.53 Å². The van der Waals surface area contributed by atoms with Crippen LogP contribution in [0.25, 0.3) is 0 Å². The Hall–Kier alpha value is -1.88. The van der Waals surface area contributed by atoms with E-state index in [-0.39, 0.29) is 5.91 Å². The number of nitrogens with one attached hydrogen (secondary N) is 1. The van der Waals surface area contributed by atoms with Gasteiger partial charge in [0.05, 0.1) is 11.6 Å². The van der Waals surface area contributed by atoms with E-state index in [1.54, 1.807) is 25.1 Å². The number of benzene rings is 1. The number of nitrogens with two attached hydrogens (primary N) is 1. The van der Waals surface area contributed by atoms with Gasteiger partial charge in [-0.2, -0.15) is 0 Å². The minimum Gasteiger partial charge on any atom is -0.456 e. The van der Waals surface area contributed by atoms with Crippen LogP contribution in [0.2, 0.25) is 0 Å². The van der Waals surface area contributed by atoms with Crippen molar-refractivity contribution in [2.24, 2.45) is 5.73 Å². The van der Waals surface area contributed by atoms with Crippen molar-refractivity contribution in [1.29, 1.82) is 0 Å². The lowest BCUT2D eigenvalue weighted by Crippen LogP contribution is -2.32. The summed E-state index contributed by atoms with van der Waals surface area (Å²) in [5.41, 5.74) is 6.68. The Labute approximate surface area is 119 Å². The molecule has 0 bridgehead atoms. The molecule has 1 amide bonds. The monoisotopic (exact) mass is 278 g/mol. The maximum atomic E-state index is 12.1. The van der Waals surface area contributed by atoms with Crippen molar-refractivity contribution in [2.45, 2.75) is 46.3 Å². The summed E-state index contributed by atoms with van der Waals surface area (Å²) in [5, 5.41) is 2.65. The molecule has 3 N–H and O–H groups in total. The first-order chi connectivity index (χ1) is 9.10. The third-order valence-corrected chi connectivity index (χ3v) is 2.54. The lowest BCUT2D eigenvalue weighted by Gasteiger charge is -2.20. The van der Waals surface area contributed by atoms with Crippen molar-refractivity contribution in [1.82, 2.24) is 0 Å². The molecule has 1 unspecified atom stereocenters. The number of ether oxygens (including phenoxy) is 1. The number of hydrogen-bond donors (Lipinski definition) is 2. The fourth-order valence-electron chi connectivity index (χ4n) is 1.51. The number of carbonyl (C=O) groups excluding carboxylic acids is 2. The SMILES string of the molecule is Cc1ccc(NC(=O)C(C)N)cc1C(=O)OC(C)(C)C. The molecule has 1 atom stereocenters. The Bertz CT molecular complexity index is 516. The summed E-state index contributed by atoms with van der Waals surface area (Å²) in [5.74, 6) is -0.712. The van der Waals surface area contributed by atoms with Crippen molar-refractivity contribution in [3.05, 3.63) is 29.3 Å². The zero-order chi connectivity index (χ0) is 15.5. The lowest BCUT2D eigenvalue weighted by molar-refractivity contribution is -0.117. The Morgan fingerprint density at radius 2 is 1.90 bits per heavy atom. The maximum Gasteiger partial charge on any atom is 0.338 e. The molecule has 0 saturated carbocycles. The minimum atomic E-state index is -0.610. The van der Waals surface area contributed by atoms with Crippen LogP contribution in [0.4, 0.5) is 5.69 Å². The van der Waals surface area contributed by atoms with Crippen LogP contribution in [0, 0.1) is 6.92 Å². The van der Waals surface area contributed by atoms with E-state index < -0.39 is 17.6 Å². The third-order valence-electron chi connectivity index (χ3n) is 2.54. The van der Waals surface area contributed by atoms with E-state index in [1.807, 2.05) is 27.7 Å². The summed E-state index contributed by atoms with van der Waals surface area (Å²) >= 11 is 0. The lowest BCUT2D eigenvalue weighted by atomic mass is 10.1. The van der Waals surface area contributed by atoms with Crippen LogP contribution >= 0.6 is 0 Å². The largest absolute Gasteiger partial charge is 0.456 e. The highest BCUT2D eigenvalue weighted by molar-refractivity contribution is 5.97. The maximum absolute atomic E-state index is 12.1. The average Bonchev–Trinajstić information content (AvgIpc) is 2.29. The molecule has 0 radical (unpaired) electrons. The van der Waals surface area contributed by atoms with E-state index in [2.05, 4.69) is 5.32 Å². The molecule has 0 heterocycles. The third kappa shape index (κ3) is 4.66. The zero-order valence-electron chi connectivity index (χ0n) is 12.6. The van der Waals surface area contributed by atoms with E-state index in [0.29, 0.717) is 11.3 Å². The standard InChI is InChI=1S/C15H22N2O3/c1-9-6-7-11(17-13(18)10(2)16)8-12(9)14(19)20-15(3,4)5/h6-8,10H,16H2,1-5H3,(H,17,18). The zero-order valence-corrected chi connectivity index (χ0v) is 12.6. The molecular weight excluding hydrogens is 256 g/mol. The molecule has 1 aromatic carbocycles. The predicted molar refractivity (Wildman–Crippen MR) is 78.6 cm³/mol. The number of anilines is 1. The molecule has 5 heteroatoms. The first-order valence-electron chi connectivity index (χ1n) is 6.50. The molecule has 20 heavy (non-hydrogen) atoms. The second-order valence-electron chi connectivity index (χ2n) is 5.81. The quantitative estimate of drug-likeness (QED) is 0.831. The summed E-state index contributed by atoms with van der Waals surface area (Å²) in [6.07, 6.45) is 0. The predicted octanol–water partition coefficient (Wildman–Crippen LogP) is 2.24. The first-order valence-corrected chi connectivity index (χ1v) is 6.50. The van der Waals surface area contributed by atoms with Crippen LogP contribution in [-0.4, -0.2) is 23.5 Å². The van der Waals surface area contributed by atoms with Gasteiger partial charge in [0.2, 0.25) is 5.91 Å². The Morgan fingerprint density at radius 3 is 2.40 bits per heavy atom. The Kier molecular flexibility index (Phi) is 4.89. The van der Waals surface area contributed by atoms with Crippen molar-refractivity contribution < 1.29 is 14.3 Å². The summed E-state index contributed by atoms with van der Waals surface area (Å²) in [7, 11) is 0. The highest BCUT2D eigenvalue weighted by atomic mass is 16.6. The summed E-state index contributed by atoms with van der Waals surface area (Å²) in [6.45, 7) is 8.83. The van der Waals surface area contributed by atoms with Crippen molar-refractivity contribution in [3.63, 3.8) is 0 Å². The fraction of sp³-hybridized carbons (Fsp3) is 0.467. The molecule has 110 valence electrons. The van der Waals surface area contributed by atoms with Gasteiger partial charge in [-0.15, -0.1) is 0 Å². The number of hydrogen-bond acceptors (Lipinski definition) is 4. The van der Waals surface area contributed by atoms with Gasteiger partial charge < -0.3 is 15.8 Å². The van der Waals surface area contributed by atoms with Gasteiger partial charge >= 0.3 is 5.97 Å². The second-order valence-corrected chi connectivity index (χ2v) is 5.81. The highest BCUT2D eigenvalue weighted by Gasteiger charge is 2.20. The van der Waals surface area contributed by atoms with E-state index in [1.165, 1.54) is 0 Å². The number of amides is 1. The minimum absolute atomic E-state index is 0.302. The van der Waals surface area contributed by atoms with Crippen molar-refractivity contribution in [3.8, 4) is 0 Å². The number of carbonyl (C=O) groups is 2. The van der Waals surface area contributed by atoms with Gasteiger partial charge in [0, 0.05) is 5.69 Å². The van der Waals surface area contributed by atoms with Crippen LogP contribution in [0.5, 0.6) is 0 Å². The van der Waals surface area contributed by atoms with Gasteiger partial charge in [-0.3, -0.25) is 4.79 Å². The molecule has 1 aromatic rings. The molecule has 0 aromatic heterocycles. The molecule has 0 saturated heterocycles. The normalized spacial score (nSPS) is 12.7. The van der Waals surface area contributed by atoms with E-state index in [9.17, 15) is 9.59 Å². The molecule has 0 aliphatic rings. The average molecular weight is 278 g/mol. The number of aryl methyl sites for hydroxylation is 1. The van der Waals surface area contributed by atoms with Crippen LogP contribution < -0.4 is 11.1 Å². The van der Waals surface area contributed by atoms with Crippen molar-refractivity contribution in [2.75, 3.05) is 5.32 Å². The van der Waals surface area contributed by atoms with Gasteiger partial charge in [0.25, 0.3) is 0 Å².